The third-order valence-electron chi connectivity index (χ3n) is 4.02. The van der Waals surface area contributed by atoms with Crippen molar-refractivity contribution >= 4 is 0 Å². The summed E-state index contributed by atoms with van der Waals surface area (Å²) in [6.45, 7) is 8.40. The minimum Gasteiger partial charge on any atom is -0.376 e. The Balaban J connectivity index is 1.48. The van der Waals surface area contributed by atoms with Crippen molar-refractivity contribution < 1.29 is 9.47 Å². The molecule has 3 saturated heterocycles. The summed E-state index contributed by atoms with van der Waals surface area (Å²) in [5, 5.41) is 0. The van der Waals surface area contributed by atoms with E-state index in [1.54, 1.807) is 0 Å². The SMILES string of the molecule is C1CC2CN(CC3COCCO3)CCN2C1. The van der Waals surface area contributed by atoms with Crippen LogP contribution in [0.4, 0.5) is 0 Å². The molecule has 0 aromatic carbocycles. The molecule has 0 saturated carbocycles. The van der Waals surface area contributed by atoms with Crippen molar-refractivity contribution in [2.45, 2.75) is 25.0 Å². The summed E-state index contributed by atoms with van der Waals surface area (Å²) in [6.07, 6.45) is 3.08. The highest BCUT2D eigenvalue weighted by Crippen LogP contribution is 2.21. The first-order valence-electron chi connectivity index (χ1n) is 6.57. The summed E-state index contributed by atoms with van der Waals surface area (Å²) < 4.78 is 11.2. The predicted molar refractivity (Wildman–Crippen MR) is 61.6 cm³/mol. The van der Waals surface area contributed by atoms with Crippen molar-refractivity contribution in [3.8, 4) is 0 Å². The lowest BCUT2D eigenvalue weighted by Gasteiger charge is -2.39. The van der Waals surface area contributed by atoms with Crippen LogP contribution in [0.2, 0.25) is 0 Å². The van der Waals surface area contributed by atoms with Crippen LogP contribution in [0.15, 0.2) is 0 Å². The fourth-order valence-electron chi connectivity index (χ4n) is 3.15. The summed E-state index contributed by atoms with van der Waals surface area (Å²) in [7, 11) is 0. The van der Waals surface area contributed by atoms with Crippen LogP contribution in [0.5, 0.6) is 0 Å². The van der Waals surface area contributed by atoms with Crippen LogP contribution >= 0.6 is 0 Å². The van der Waals surface area contributed by atoms with Gasteiger partial charge in [-0.15, -0.1) is 0 Å². The van der Waals surface area contributed by atoms with Gasteiger partial charge in [0.15, 0.2) is 0 Å². The van der Waals surface area contributed by atoms with Gasteiger partial charge in [-0.1, -0.05) is 0 Å². The van der Waals surface area contributed by atoms with E-state index in [0.29, 0.717) is 6.10 Å². The first kappa shape index (κ1) is 11.0. The van der Waals surface area contributed by atoms with Gasteiger partial charge < -0.3 is 9.47 Å². The van der Waals surface area contributed by atoms with E-state index < -0.39 is 0 Å². The van der Waals surface area contributed by atoms with Crippen molar-refractivity contribution in [2.75, 3.05) is 52.5 Å². The second-order valence-electron chi connectivity index (χ2n) is 5.16. The van der Waals surface area contributed by atoms with Gasteiger partial charge in [-0.05, 0) is 19.4 Å². The Morgan fingerprint density at radius 3 is 3.00 bits per heavy atom. The first-order valence-corrected chi connectivity index (χ1v) is 6.57. The zero-order valence-corrected chi connectivity index (χ0v) is 9.94. The van der Waals surface area contributed by atoms with Gasteiger partial charge in [-0.25, -0.2) is 0 Å². The number of hydrogen-bond acceptors (Lipinski definition) is 4. The van der Waals surface area contributed by atoms with Gasteiger partial charge in [0, 0.05) is 32.2 Å². The van der Waals surface area contributed by atoms with Crippen LogP contribution in [0.3, 0.4) is 0 Å². The molecule has 3 aliphatic heterocycles. The van der Waals surface area contributed by atoms with Gasteiger partial charge in [0.2, 0.25) is 0 Å². The van der Waals surface area contributed by atoms with E-state index in [1.807, 2.05) is 0 Å². The Labute approximate surface area is 97.5 Å². The van der Waals surface area contributed by atoms with Crippen LogP contribution in [0, 0.1) is 0 Å². The third-order valence-corrected chi connectivity index (χ3v) is 4.02. The molecule has 0 N–H and O–H groups in total. The number of fused-ring (bicyclic) bond motifs is 1. The number of ether oxygens (including phenoxy) is 2. The van der Waals surface area contributed by atoms with E-state index >= 15 is 0 Å². The van der Waals surface area contributed by atoms with Gasteiger partial charge in [0.25, 0.3) is 0 Å². The van der Waals surface area contributed by atoms with Crippen LogP contribution in [-0.4, -0.2) is 74.5 Å². The molecule has 0 radical (unpaired) electrons. The lowest BCUT2D eigenvalue weighted by Crippen LogP contribution is -2.53. The topological polar surface area (TPSA) is 24.9 Å². The molecule has 0 aromatic heterocycles. The average molecular weight is 226 g/mol. The molecule has 3 heterocycles. The maximum atomic E-state index is 5.71. The molecule has 3 aliphatic rings. The number of nitrogens with zero attached hydrogens (tertiary/aromatic N) is 2. The minimum absolute atomic E-state index is 0.307. The molecule has 4 nitrogen and oxygen atoms in total. The Hall–Kier alpha value is -0.160. The van der Waals surface area contributed by atoms with Gasteiger partial charge in [-0.2, -0.15) is 0 Å². The Morgan fingerprint density at radius 2 is 2.12 bits per heavy atom. The molecule has 0 bridgehead atoms. The highest BCUT2D eigenvalue weighted by Gasteiger charge is 2.31. The summed E-state index contributed by atoms with van der Waals surface area (Å²) in [6, 6.07) is 0.818. The van der Waals surface area contributed by atoms with E-state index in [4.69, 9.17) is 9.47 Å². The highest BCUT2D eigenvalue weighted by atomic mass is 16.6. The number of rotatable bonds is 2. The largest absolute Gasteiger partial charge is 0.376 e. The Morgan fingerprint density at radius 1 is 1.12 bits per heavy atom. The smallest absolute Gasteiger partial charge is 0.0936 e. The molecule has 4 heteroatoms. The van der Waals surface area contributed by atoms with E-state index in [9.17, 15) is 0 Å². The van der Waals surface area contributed by atoms with Gasteiger partial charge >= 0.3 is 0 Å². The molecule has 3 rings (SSSR count). The Kier molecular flexibility index (Phi) is 3.43. The van der Waals surface area contributed by atoms with Crippen molar-refractivity contribution in [3.63, 3.8) is 0 Å². The van der Waals surface area contributed by atoms with Crippen LogP contribution in [0.1, 0.15) is 12.8 Å². The van der Waals surface area contributed by atoms with Crippen molar-refractivity contribution in [3.05, 3.63) is 0 Å². The molecule has 3 fully saturated rings. The predicted octanol–water partition coefficient (Wildman–Crippen LogP) is 0.182. The van der Waals surface area contributed by atoms with E-state index in [2.05, 4.69) is 9.80 Å². The zero-order chi connectivity index (χ0) is 10.8. The molecule has 0 aliphatic carbocycles. The van der Waals surface area contributed by atoms with Crippen LogP contribution in [-0.2, 0) is 9.47 Å². The quantitative estimate of drug-likeness (QED) is 0.671. The fourth-order valence-corrected chi connectivity index (χ4v) is 3.15. The summed E-state index contributed by atoms with van der Waals surface area (Å²) in [5.74, 6) is 0. The summed E-state index contributed by atoms with van der Waals surface area (Å²) >= 11 is 0. The number of piperazine rings is 1. The lowest BCUT2D eigenvalue weighted by molar-refractivity contribution is -0.101. The van der Waals surface area contributed by atoms with Gasteiger partial charge in [0.1, 0.15) is 0 Å². The molecule has 2 unspecified atom stereocenters. The minimum atomic E-state index is 0.307. The second kappa shape index (κ2) is 5.00. The third kappa shape index (κ3) is 2.40. The van der Waals surface area contributed by atoms with Gasteiger partial charge in [0.05, 0.1) is 25.9 Å². The first-order chi connectivity index (χ1) is 7.92. The van der Waals surface area contributed by atoms with Crippen LogP contribution in [0.25, 0.3) is 0 Å². The Bertz CT molecular complexity index is 231. The molecule has 0 aromatic rings. The standard InChI is InChI=1S/C12H22N2O2/c1-2-11-8-13(4-5-14(11)3-1)9-12-10-15-6-7-16-12/h11-12H,1-10H2. The maximum Gasteiger partial charge on any atom is 0.0936 e. The fraction of sp³-hybridized carbons (Fsp3) is 1.00. The van der Waals surface area contributed by atoms with E-state index in [0.717, 1.165) is 32.4 Å². The lowest BCUT2D eigenvalue weighted by atomic mass is 10.1. The van der Waals surface area contributed by atoms with Gasteiger partial charge in [-0.3, -0.25) is 9.80 Å². The van der Waals surface area contributed by atoms with E-state index in [-0.39, 0.29) is 0 Å². The number of hydrogen-bond donors (Lipinski definition) is 0. The summed E-state index contributed by atoms with van der Waals surface area (Å²) in [4.78, 5) is 5.21. The molecule has 16 heavy (non-hydrogen) atoms. The van der Waals surface area contributed by atoms with E-state index in [1.165, 1.54) is 39.0 Å². The molecular weight excluding hydrogens is 204 g/mol. The second-order valence-corrected chi connectivity index (χ2v) is 5.16. The molecule has 2 atom stereocenters. The highest BCUT2D eigenvalue weighted by molar-refractivity contribution is 4.87. The monoisotopic (exact) mass is 226 g/mol. The zero-order valence-electron chi connectivity index (χ0n) is 9.94. The van der Waals surface area contributed by atoms with Crippen molar-refractivity contribution in [1.82, 2.24) is 9.80 Å². The van der Waals surface area contributed by atoms with Crippen molar-refractivity contribution in [1.29, 1.82) is 0 Å². The molecule has 0 spiro atoms. The van der Waals surface area contributed by atoms with Crippen molar-refractivity contribution in [2.24, 2.45) is 0 Å². The molecule has 92 valence electrons. The van der Waals surface area contributed by atoms with Crippen LogP contribution < -0.4 is 0 Å². The maximum absolute atomic E-state index is 5.71. The molecular formula is C12H22N2O2. The average Bonchev–Trinajstić information content (AvgIpc) is 2.77. The normalized spacial score (nSPS) is 37.5. The molecule has 0 amide bonds. The summed E-state index contributed by atoms with van der Waals surface area (Å²) in [5.41, 5.74) is 0.